The average Bonchev–Trinajstić information content (AvgIpc) is 2.97. The molecule has 0 bridgehead atoms. The minimum absolute atomic E-state index is 0.0418. The standard InChI is InChI=1S/C15H24N2O2S/c1-19-9-8-17(11-13-7-10-20-12-13)15(18)16-14-5-3-2-4-6-14/h7,10,12,14H,2-6,8-9,11H2,1H3,(H,16,18). The van der Waals surface area contributed by atoms with Crippen LogP contribution in [-0.4, -0.2) is 37.2 Å². The number of thiophene rings is 1. The van der Waals surface area contributed by atoms with Gasteiger partial charge in [0.05, 0.1) is 6.61 Å². The van der Waals surface area contributed by atoms with E-state index in [9.17, 15) is 4.79 Å². The van der Waals surface area contributed by atoms with Crippen molar-refractivity contribution in [2.45, 2.75) is 44.7 Å². The maximum atomic E-state index is 12.4. The molecule has 1 N–H and O–H groups in total. The van der Waals surface area contributed by atoms with Crippen molar-refractivity contribution in [1.82, 2.24) is 10.2 Å². The van der Waals surface area contributed by atoms with Gasteiger partial charge in [-0.1, -0.05) is 19.3 Å². The maximum absolute atomic E-state index is 12.4. The molecule has 0 radical (unpaired) electrons. The predicted molar refractivity (Wildman–Crippen MR) is 82.0 cm³/mol. The number of amides is 2. The van der Waals surface area contributed by atoms with Gasteiger partial charge in [0.2, 0.25) is 0 Å². The Hall–Kier alpha value is -1.07. The highest BCUT2D eigenvalue weighted by Gasteiger charge is 2.20. The molecule has 1 saturated carbocycles. The smallest absolute Gasteiger partial charge is 0.317 e. The number of nitrogens with one attached hydrogen (secondary N) is 1. The van der Waals surface area contributed by atoms with E-state index in [0.717, 1.165) is 12.8 Å². The number of hydrogen-bond donors (Lipinski definition) is 1. The molecular weight excluding hydrogens is 272 g/mol. The van der Waals surface area contributed by atoms with Gasteiger partial charge >= 0.3 is 6.03 Å². The second-order valence-corrected chi connectivity index (χ2v) is 6.11. The van der Waals surface area contributed by atoms with Crippen LogP contribution in [0, 0.1) is 0 Å². The fourth-order valence-electron chi connectivity index (χ4n) is 2.57. The van der Waals surface area contributed by atoms with Gasteiger partial charge < -0.3 is 15.0 Å². The van der Waals surface area contributed by atoms with Crippen LogP contribution in [-0.2, 0) is 11.3 Å². The summed E-state index contributed by atoms with van der Waals surface area (Å²) in [6.07, 6.45) is 5.99. The van der Waals surface area contributed by atoms with Crippen molar-refractivity contribution in [3.05, 3.63) is 22.4 Å². The number of ether oxygens (including phenoxy) is 1. The average molecular weight is 296 g/mol. The van der Waals surface area contributed by atoms with Crippen LogP contribution in [0.25, 0.3) is 0 Å². The summed E-state index contributed by atoms with van der Waals surface area (Å²) in [7, 11) is 1.67. The Labute approximate surface area is 125 Å². The second kappa shape index (κ2) is 8.27. The normalized spacial score (nSPS) is 16.1. The third-order valence-corrected chi connectivity index (χ3v) is 4.47. The van der Waals surface area contributed by atoms with Crippen LogP contribution in [0.1, 0.15) is 37.7 Å². The molecule has 0 aromatic carbocycles. The Bertz CT molecular complexity index is 389. The van der Waals surface area contributed by atoms with Gasteiger partial charge in [0.1, 0.15) is 0 Å². The molecule has 1 aromatic rings. The third-order valence-electron chi connectivity index (χ3n) is 3.74. The third kappa shape index (κ3) is 4.80. The summed E-state index contributed by atoms with van der Waals surface area (Å²) < 4.78 is 5.11. The molecule has 0 spiro atoms. The lowest BCUT2D eigenvalue weighted by Crippen LogP contribution is -2.46. The Morgan fingerprint density at radius 1 is 1.45 bits per heavy atom. The number of urea groups is 1. The lowest BCUT2D eigenvalue weighted by Gasteiger charge is -2.28. The summed E-state index contributed by atoms with van der Waals surface area (Å²) in [5.74, 6) is 0. The van der Waals surface area contributed by atoms with Crippen molar-refractivity contribution in [2.24, 2.45) is 0 Å². The van der Waals surface area contributed by atoms with Gasteiger partial charge in [0, 0.05) is 26.2 Å². The van der Waals surface area contributed by atoms with Gasteiger partial charge in [0.25, 0.3) is 0 Å². The van der Waals surface area contributed by atoms with E-state index < -0.39 is 0 Å². The van der Waals surface area contributed by atoms with Crippen LogP contribution in [0.2, 0.25) is 0 Å². The van der Waals surface area contributed by atoms with Crippen LogP contribution in [0.3, 0.4) is 0 Å². The first-order chi connectivity index (χ1) is 9.79. The van der Waals surface area contributed by atoms with Gasteiger partial charge in [-0.15, -0.1) is 0 Å². The van der Waals surface area contributed by atoms with Crippen molar-refractivity contribution in [3.63, 3.8) is 0 Å². The first-order valence-corrected chi connectivity index (χ1v) is 8.29. The maximum Gasteiger partial charge on any atom is 0.317 e. The van der Waals surface area contributed by atoms with E-state index in [-0.39, 0.29) is 6.03 Å². The highest BCUT2D eigenvalue weighted by atomic mass is 32.1. The molecule has 0 saturated heterocycles. The number of hydrogen-bond acceptors (Lipinski definition) is 3. The second-order valence-electron chi connectivity index (χ2n) is 5.33. The number of methoxy groups -OCH3 is 1. The molecule has 20 heavy (non-hydrogen) atoms. The van der Waals surface area contributed by atoms with Crippen LogP contribution in [0.5, 0.6) is 0 Å². The summed E-state index contributed by atoms with van der Waals surface area (Å²) in [5.41, 5.74) is 1.19. The van der Waals surface area contributed by atoms with Crippen LogP contribution in [0.4, 0.5) is 4.79 Å². The zero-order valence-corrected chi connectivity index (χ0v) is 13.0. The number of carbonyl (C=O) groups is 1. The molecular formula is C15H24N2O2S. The van der Waals surface area contributed by atoms with Crippen LogP contribution >= 0.6 is 11.3 Å². The zero-order chi connectivity index (χ0) is 14.2. The highest BCUT2D eigenvalue weighted by molar-refractivity contribution is 7.07. The predicted octanol–water partition coefficient (Wildman–Crippen LogP) is 3.24. The molecule has 1 aliphatic carbocycles. The first-order valence-electron chi connectivity index (χ1n) is 7.35. The molecule has 1 fully saturated rings. The fourth-order valence-corrected chi connectivity index (χ4v) is 3.23. The van der Waals surface area contributed by atoms with Gasteiger partial charge in [0.15, 0.2) is 0 Å². The minimum Gasteiger partial charge on any atom is -0.383 e. The number of rotatable bonds is 6. The van der Waals surface area contributed by atoms with E-state index in [0.29, 0.717) is 25.7 Å². The van der Waals surface area contributed by atoms with Crippen LogP contribution < -0.4 is 5.32 Å². The number of nitrogens with zero attached hydrogens (tertiary/aromatic N) is 1. The van der Waals surface area contributed by atoms with E-state index in [1.807, 2.05) is 10.3 Å². The lowest BCUT2D eigenvalue weighted by atomic mass is 9.96. The molecule has 112 valence electrons. The van der Waals surface area contributed by atoms with Gasteiger partial charge in [-0.25, -0.2) is 4.79 Å². The Morgan fingerprint density at radius 2 is 2.25 bits per heavy atom. The number of carbonyl (C=O) groups excluding carboxylic acids is 1. The summed E-state index contributed by atoms with van der Waals surface area (Å²) in [6, 6.07) is 2.46. The summed E-state index contributed by atoms with van der Waals surface area (Å²) in [5, 5.41) is 7.31. The van der Waals surface area contributed by atoms with Crippen molar-refractivity contribution in [3.8, 4) is 0 Å². The van der Waals surface area contributed by atoms with E-state index >= 15 is 0 Å². The van der Waals surface area contributed by atoms with E-state index in [1.54, 1.807) is 18.4 Å². The van der Waals surface area contributed by atoms with Gasteiger partial charge in [-0.2, -0.15) is 11.3 Å². The fraction of sp³-hybridized carbons (Fsp3) is 0.667. The SMILES string of the molecule is COCCN(Cc1ccsc1)C(=O)NC1CCCCC1. The largest absolute Gasteiger partial charge is 0.383 e. The lowest BCUT2D eigenvalue weighted by molar-refractivity contribution is 0.143. The topological polar surface area (TPSA) is 41.6 Å². The van der Waals surface area contributed by atoms with Gasteiger partial charge in [-0.05, 0) is 35.2 Å². The molecule has 0 aliphatic heterocycles. The molecule has 2 amide bonds. The molecule has 2 rings (SSSR count). The van der Waals surface area contributed by atoms with Crippen molar-refractivity contribution in [1.29, 1.82) is 0 Å². The monoisotopic (exact) mass is 296 g/mol. The highest BCUT2D eigenvalue weighted by Crippen LogP contribution is 2.18. The van der Waals surface area contributed by atoms with Crippen molar-refractivity contribution >= 4 is 17.4 Å². The van der Waals surface area contributed by atoms with Crippen LogP contribution in [0.15, 0.2) is 16.8 Å². The molecule has 1 aliphatic rings. The first kappa shape index (κ1) is 15.3. The molecule has 4 nitrogen and oxygen atoms in total. The van der Waals surface area contributed by atoms with E-state index in [4.69, 9.17) is 4.74 Å². The molecule has 1 aromatic heterocycles. The molecule has 1 heterocycles. The van der Waals surface area contributed by atoms with E-state index in [1.165, 1.54) is 24.8 Å². The Kier molecular flexibility index (Phi) is 6.33. The zero-order valence-electron chi connectivity index (χ0n) is 12.1. The Morgan fingerprint density at radius 3 is 2.90 bits per heavy atom. The molecule has 0 atom stereocenters. The van der Waals surface area contributed by atoms with Crippen molar-refractivity contribution < 1.29 is 9.53 Å². The summed E-state index contributed by atoms with van der Waals surface area (Å²) >= 11 is 1.66. The Balaban J connectivity index is 1.88. The minimum atomic E-state index is 0.0418. The summed E-state index contributed by atoms with van der Waals surface area (Å²) in [6.45, 7) is 1.86. The van der Waals surface area contributed by atoms with Crippen molar-refractivity contribution in [2.75, 3.05) is 20.3 Å². The molecule has 5 heteroatoms. The quantitative estimate of drug-likeness (QED) is 0.875. The molecule has 0 unspecified atom stereocenters. The summed E-state index contributed by atoms with van der Waals surface area (Å²) in [4.78, 5) is 14.3. The van der Waals surface area contributed by atoms with Gasteiger partial charge in [-0.3, -0.25) is 0 Å². The van der Waals surface area contributed by atoms with E-state index in [2.05, 4.69) is 16.8 Å².